The van der Waals surface area contributed by atoms with E-state index in [1.807, 2.05) is 56.3 Å². The van der Waals surface area contributed by atoms with Gasteiger partial charge in [0.2, 0.25) is 0 Å². The second kappa shape index (κ2) is 9.62. The molecule has 2 rings (SSSR count). The van der Waals surface area contributed by atoms with Crippen molar-refractivity contribution in [2.75, 3.05) is 27.4 Å². The molecule has 2 aromatic rings. The van der Waals surface area contributed by atoms with Crippen LogP contribution in [0.3, 0.4) is 0 Å². The van der Waals surface area contributed by atoms with Gasteiger partial charge in [-0.2, -0.15) is 0 Å². The van der Waals surface area contributed by atoms with Crippen molar-refractivity contribution in [3.63, 3.8) is 0 Å². The molecule has 0 saturated carbocycles. The van der Waals surface area contributed by atoms with Gasteiger partial charge in [-0.25, -0.2) is 4.79 Å². The molecule has 0 atom stereocenters. The number of carbonyl (C=O) groups excluding carboxylic acids is 2. The second-order valence-corrected chi connectivity index (χ2v) is 6.28. The molecule has 0 fully saturated rings. The monoisotopic (exact) mass is 371 g/mol. The minimum Gasteiger partial charge on any atom is -0.496 e. The number of methoxy groups -OCH3 is 1. The standard InChI is InChI=1S/C21H25NO5/c1-15-9-10-18(16(2)11-15)26-14-21(24)27-13-20(23)22(3)12-17-7-5-6-8-19(17)25-4/h5-11H,12-14H2,1-4H3. The van der Waals surface area contributed by atoms with Crippen molar-refractivity contribution in [3.8, 4) is 11.5 Å². The lowest BCUT2D eigenvalue weighted by molar-refractivity contribution is -0.153. The summed E-state index contributed by atoms with van der Waals surface area (Å²) in [6.45, 7) is 3.68. The highest BCUT2D eigenvalue weighted by atomic mass is 16.6. The number of rotatable bonds is 8. The van der Waals surface area contributed by atoms with Crippen LogP contribution in [0.15, 0.2) is 42.5 Å². The third kappa shape index (κ3) is 6.02. The van der Waals surface area contributed by atoms with Gasteiger partial charge in [0.05, 0.1) is 7.11 Å². The van der Waals surface area contributed by atoms with Gasteiger partial charge in [0.15, 0.2) is 13.2 Å². The van der Waals surface area contributed by atoms with E-state index in [-0.39, 0.29) is 19.1 Å². The van der Waals surface area contributed by atoms with E-state index in [0.717, 1.165) is 16.7 Å². The van der Waals surface area contributed by atoms with E-state index in [1.54, 1.807) is 14.2 Å². The molecule has 0 unspecified atom stereocenters. The zero-order valence-electron chi connectivity index (χ0n) is 16.2. The zero-order valence-corrected chi connectivity index (χ0v) is 16.2. The number of hydrogen-bond acceptors (Lipinski definition) is 5. The number of benzene rings is 2. The van der Waals surface area contributed by atoms with E-state index < -0.39 is 5.97 Å². The molecule has 0 N–H and O–H groups in total. The lowest BCUT2D eigenvalue weighted by Gasteiger charge is -2.18. The molecule has 27 heavy (non-hydrogen) atoms. The topological polar surface area (TPSA) is 65.1 Å². The van der Waals surface area contributed by atoms with Crippen molar-refractivity contribution in [2.45, 2.75) is 20.4 Å². The van der Waals surface area contributed by atoms with Crippen molar-refractivity contribution in [2.24, 2.45) is 0 Å². The Morgan fingerprint density at radius 2 is 1.74 bits per heavy atom. The highest BCUT2D eigenvalue weighted by molar-refractivity contribution is 5.80. The molecule has 0 aliphatic carbocycles. The highest BCUT2D eigenvalue weighted by Crippen LogP contribution is 2.19. The molecule has 0 aliphatic rings. The molecule has 2 aromatic carbocycles. The third-order valence-electron chi connectivity index (χ3n) is 4.06. The smallest absolute Gasteiger partial charge is 0.344 e. The lowest BCUT2D eigenvalue weighted by Crippen LogP contribution is -2.31. The summed E-state index contributed by atoms with van der Waals surface area (Å²) in [5.74, 6) is 0.433. The van der Waals surface area contributed by atoms with Gasteiger partial charge in [-0.1, -0.05) is 35.9 Å². The van der Waals surface area contributed by atoms with Gasteiger partial charge < -0.3 is 19.1 Å². The fourth-order valence-electron chi connectivity index (χ4n) is 2.57. The Morgan fingerprint density at radius 3 is 2.44 bits per heavy atom. The molecule has 0 aromatic heterocycles. The van der Waals surface area contributed by atoms with Crippen LogP contribution in [0.4, 0.5) is 0 Å². The van der Waals surface area contributed by atoms with Crippen LogP contribution in [-0.2, 0) is 20.9 Å². The molecule has 6 heteroatoms. The second-order valence-electron chi connectivity index (χ2n) is 6.28. The number of nitrogens with zero attached hydrogens (tertiary/aromatic N) is 1. The molecule has 0 aliphatic heterocycles. The molecule has 0 saturated heterocycles. The van der Waals surface area contributed by atoms with E-state index in [9.17, 15) is 9.59 Å². The third-order valence-corrected chi connectivity index (χ3v) is 4.06. The van der Waals surface area contributed by atoms with Crippen molar-refractivity contribution < 1.29 is 23.8 Å². The average Bonchev–Trinajstić information content (AvgIpc) is 2.65. The number of aryl methyl sites for hydroxylation is 2. The summed E-state index contributed by atoms with van der Waals surface area (Å²) >= 11 is 0. The van der Waals surface area contributed by atoms with Gasteiger partial charge in [-0.15, -0.1) is 0 Å². The number of hydrogen-bond donors (Lipinski definition) is 0. The van der Waals surface area contributed by atoms with Gasteiger partial charge in [0.25, 0.3) is 5.91 Å². The number of para-hydroxylation sites is 1. The number of likely N-dealkylation sites (N-methyl/N-ethyl adjacent to an activating group) is 1. The minimum absolute atomic E-state index is 0.243. The molecule has 0 radical (unpaired) electrons. The molecular weight excluding hydrogens is 346 g/mol. The van der Waals surface area contributed by atoms with Crippen LogP contribution in [0.1, 0.15) is 16.7 Å². The molecule has 0 heterocycles. The Labute approximate surface area is 159 Å². The normalized spacial score (nSPS) is 10.2. The average molecular weight is 371 g/mol. The number of ether oxygens (including phenoxy) is 3. The van der Waals surface area contributed by atoms with Crippen molar-refractivity contribution in [1.82, 2.24) is 4.90 Å². The van der Waals surface area contributed by atoms with Gasteiger partial charge in [0, 0.05) is 19.2 Å². The summed E-state index contributed by atoms with van der Waals surface area (Å²) in [5, 5.41) is 0. The fraction of sp³-hybridized carbons (Fsp3) is 0.333. The van der Waals surface area contributed by atoms with Gasteiger partial charge in [0.1, 0.15) is 11.5 Å². The molecule has 144 valence electrons. The maximum absolute atomic E-state index is 12.2. The van der Waals surface area contributed by atoms with Crippen LogP contribution < -0.4 is 9.47 Å². The van der Waals surface area contributed by atoms with Gasteiger partial charge in [-0.05, 0) is 31.5 Å². The number of carbonyl (C=O) groups is 2. The van der Waals surface area contributed by atoms with Gasteiger partial charge in [-0.3, -0.25) is 4.79 Å². The number of amides is 1. The fourth-order valence-corrected chi connectivity index (χ4v) is 2.57. The van der Waals surface area contributed by atoms with Gasteiger partial charge >= 0.3 is 5.97 Å². The predicted molar refractivity (Wildman–Crippen MR) is 102 cm³/mol. The van der Waals surface area contributed by atoms with Crippen LogP contribution in [0, 0.1) is 13.8 Å². The van der Waals surface area contributed by atoms with E-state index in [0.29, 0.717) is 18.0 Å². The predicted octanol–water partition coefficient (Wildman–Crippen LogP) is 2.89. The highest BCUT2D eigenvalue weighted by Gasteiger charge is 2.15. The SMILES string of the molecule is COc1ccccc1CN(C)C(=O)COC(=O)COc1ccc(C)cc1C. The minimum atomic E-state index is -0.589. The number of esters is 1. The quantitative estimate of drug-likeness (QED) is 0.668. The van der Waals surface area contributed by atoms with Crippen LogP contribution in [-0.4, -0.2) is 44.1 Å². The first-order valence-electron chi connectivity index (χ1n) is 8.62. The summed E-state index contributed by atoms with van der Waals surface area (Å²) in [6.07, 6.45) is 0. The largest absolute Gasteiger partial charge is 0.496 e. The van der Waals surface area contributed by atoms with Crippen molar-refractivity contribution >= 4 is 11.9 Å². The van der Waals surface area contributed by atoms with E-state index in [4.69, 9.17) is 14.2 Å². The summed E-state index contributed by atoms with van der Waals surface area (Å²) in [7, 11) is 3.23. The molecular formula is C21H25NO5. The van der Waals surface area contributed by atoms with Crippen molar-refractivity contribution in [1.29, 1.82) is 0 Å². The maximum Gasteiger partial charge on any atom is 0.344 e. The van der Waals surface area contributed by atoms with Crippen LogP contribution in [0.5, 0.6) is 11.5 Å². The zero-order chi connectivity index (χ0) is 19.8. The summed E-state index contributed by atoms with van der Waals surface area (Å²) in [4.78, 5) is 25.5. The lowest BCUT2D eigenvalue weighted by atomic mass is 10.1. The van der Waals surface area contributed by atoms with E-state index in [2.05, 4.69) is 0 Å². The summed E-state index contributed by atoms with van der Waals surface area (Å²) in [5.41, 5.74) is 2.93. The first-order valence-corrected chi connectivity index (χ1v) is 8.62. The van der Waals surface area contributed by atoms with Crippen LogP contribution in [0.2, 0.25) is 0 Å². The molecule has 6 nitrogen and oxygen atoms in total. The Morgan fingerprint density at radius 1 is 1.00 bits per heavy atom. The Balaban J connectivity index is 1.79. The van der Waals surface area contributed by atoms with E-state index in [1.165, 1.54) is 4.90 Å². The van der Waals surface area contributed by atoms with E-state index >= 15 is 0 Å². The van der Waals surface area contributed by atoms with Crippen LogP contribution in [0.25, 0.3) is 0 Å². The molecule has 0 spiro atoms. The summed E-state index contributed by atoms with van der Waals surface area (Å²) in [6, 6.07) is 13.1. The maximum atomic E-state index is 12.2. The Kier molecular flexibility index (Phi) is 7.23. The first-order chi connectivity index (χ1) is 12.9. The molecule has 0 bridgehead atoms. The van der Waals surface area contributed by atoms with Crippen LogP contribution >= 0.6 is 0 Å². The Hall–Kier alpha value is -3.02. The first kappa shape index (κ1) is 20.3. The summed E-state index contributed by atoms with van der Waals surface area (Å²) < 4.78 is 15.7. The van der Waals surface area contributed by atoms with Crippen molar-refractivity contribution in [3.05, 3.63) is 59.2 Å². The molecule has 1 amide bonds. The Bertz CT molecular complexity index is 803.